The number of hydrogen-bond acceptors (Lipinski definition) is 3. The van der Waals surface area contributed by atoms with Crippen molar-refractivity contribution in [2.45, 2.75) is 0 Å². The number of benzene rings is 4. The predicted octanol–water partition coefficient (Wildman–Crippen LogP) is 5.02. The minimum absolute atomic E-state index is 0.238. The highest BCUT2D eigenvalue weighted by atomic mass is 31.2. The number of hydrogen-bond donors (Lipinski definition) is 0. The van der Waals surface area contributed by atoms with Crippen LogP contribution in [0.4, 0.5) is 0 Å². The Hall–Kier alpha value is -3.42. The van der Waals surface area contributed by atoms with E-state index in [2.05, 4.69) is 72.8 Å². The summed E-state index contributed by atoms with van der Waals surface area (Å²) in [4.78, 5) is 12.3. The summed E-state index contributed by atoms with van der Waals surface area (Å²) in [5, 5.41) is 3.55. The molecule has 0 aromatic heterocycles. The Morgan fingerprint density at radius 3 is 1.42 bits per heavy atom. The number of carbonyl (C=O) groups is 1. The number of nitrogens with zero attached hydrogens (tertiary/aromatic N) is 1. The Labute approximate surface area is 183 Å². The molecular formula is C27H24NO2P. The third kappa shape index (κ3) is 4.68. The first kappa shape index (κ1) is 20.8. The van der Waals surface area contributed by atoms with Gasteiger partial charge in [0.2, 0.25) is 0 Å². The van der Waals surface area contributed by atoms with E-state index >= 15 is 0 Å². The van der Waals surface area contributed by atoms with Crippen molar-refractivity contribution in [3.05, 3.63) is 127 Å². The zero-order valence-corrected chi connectivity index (χ0v) is 18.1. The van der Waals surface area contributed by atoms with Gasteiger partial charge in [-0.2, -0.15) is 0 Å². The average molecular weight is 425 g/mol. The summed E-state index contributed by atoms with van der Waals surface area (Å²) in [6.45, 7) is 0.660. The molecule has 0 saturated carbocycles. The maximum absolute atomic E-state index is 12.3. The molecule has 0 heterocycles. The van der Waals surface area contributed by atoms with Crippen molar-refractivity contribution in [3.8, 4) is 0 Å². The van der Waals surface area contributed by atoms with Crippen molar-refractivity contribution in [2.75, 3.05) is 13.2 Å². The summed E-state index contributed by atoms with van der Waals surface area (Å²) in [5.74, 6) is -0.320. The van der Waals surface area contributed by atoms with E-state index in [4.69, 9.17) is 9.48 Å². The van der Waals surface area contributed by atoms with Crippen LogP contribution in [0.3, 0.4) is 0 Å². The van der Waals surface area contributed by atoms with Crippen LogP contribution in [-0.2, 0) is 4.74 Å². The fourth-order valence-corrected chi connectivity index (χ4v) is 7.19. The van der Waals surface area contributed by atoms with Gasteiger partial charge in [-0.3, -0.25) is 4.74 Å². The Bertz CT molecular complexity index is 1060. The van der Waals surface area contributed by atoms with Crippen LogP contribution in [0.25, 0.3) is 0 Å². The number of rotatable bonds is 7. The molecule has 0 aliphatic rings. The molecule has 4 aromatic carbocycles. The fraction of sp³-hybridized carbons (Fsp3) is 0.0741. The largest absolute Gasteiger partial charge is 0.460 e. The van der Waals surface area contributed by atoms with E-state index in [1.54, 1.807) is 12.1 Å². The van der Waals surface area contributed by atoms with Gasteiger partial charge < -0.3 is 4.74 Å². The van der Waals surface area contributed by atoms with Gasteiger partial charge in [-0.1, -0.05) is 109 Å². The van der Waals surface area contributed by atoms with Gasteiger partial charge in [0.05, 0.1) is 19.2 Å². The second-order valence-electron chi connectivity index (χ2n) is 7.01. The molecule has 0 aliphatic carbocycles. The molecule has 4 rings (SSSR count). The molecule has 0 spiro atoms. The van der Waals surface area contributed by atoms with E-state index in [-0.39, 0.29) is 12.6 Å². The summed E-state index contributed by atoms with van der Waals surface area (Å²) < 4.78 is 10.8. The summed E-state index contributed by atoms with van der Waals surface area (Å²) in [5.41, 5.74) is 0.553. The third-order valence-corrected chi connectivity index (χ3v) is 8.80. The molecule has 31 heavy (non-hydrogen) atoms. The standard InChI is InChI=1S/C27H24NO2P/c29-27(23-13-5-1-6-14-23)30-22-21-28-31(24-15-7-2-8-16-24,25-17-9-3-10-18-25)26-19-11-4-12-20-26/h1-20H,21-22H2. The van der Waals surface area contributed by atoms with Crippen LogP contribution in [0.15, 0.2) is 126 Å². The monoisotopic (exact) mass is 425 g/mol. The highest BCUT2D eigenvalue weighted by molar-refractivity contribution is 7.87. The zero-order valence-electron chi connectivity index (χ0n) is 17.2. The fourth-order valence-electron chi connectivity index (χ4n) is 3.61. The molecule has 0 bridgehead atoms. The highest BCUT2D eigenvalue weighted by Gasteiger charge is 2.26. The smallest absolute Gasteiger partial charge is 0.338 e. The third-order valence-electron chi connectivity index (χ3n) is 5.04. The van der Waals surface area contributed by atoms with Crippen molar-refractivity contribution in [1.29, 1.82) is 0 Å². The van der Waals surface area contributed by atoms with Crippen LogP contribution in [0.1, 0.15) is 10.4 Å². The molecular weight excluding hydrogens is 401 g/mol. The zero-order chi connectivity index (χ0) is 21.4. The van der Waals surface area contributed by atoms with E-state index in [1.807, 2.05) is 36.4 Å². The van der Waals surface area contributed by atoms with Gasteiger partial charge in [-0.25, -0.2) is 4.79 Å². The van der Waals surface area contributed by atoms with Crippen molar-refractivity contribution < 1.29 is 9.53 Å². The highest BCUT2D eigenvalue weighted by Crippen LogP contribution is 2.46. The maximum atomic E-state index is 12.3. The first-order chi connectivity index (χ1) is 15.3. The summed E-state index contributed by atoms with van der Waals surface area (Å²) >= 11 is 0. The van der Waals surface area contributed by atoms with E-state index in [0.29, 0.717) is 12.1 Å². The summed E-state index contributed by atoms with van der Waals surface area (Å²) in [7, 11) is -2.25. The molecule has 4 aromatic rings. The number of esters is 1. The number of carbonyl (C=O) groups excluding carboxylic acids is 1. The summed E-state index contributed by atoms with van der Waals surface area (Å²) in [6, 6.07) is 40.3. The van der Waals surface area contributed by atoms with Crippen LogP contribution in [0.2, 0.25) is 0 Å². The maximum Gasteiger partial charge on any atom is 0.338 e. The van der Waals surface area contributed by atoms with Crippen LogP contribution in [0.5, 0.6) is 0 Å². The van der Waals surface area contributed by atoms with Gasteiger partial charge in [0.25, 0.3) is 0 Å². The minimum atomic E-state index is -2.25. The van der Waals surface area contributed by atoms with Crippen LogP contribution >= 0.6 is 7.05 Å². The molecule has 0 aliphatic heterocycles. The lowest BCUT2D eigenvalue weighted by Crippen LogP contribution is -2.26. The Balaban J connectivity index is 1.72. The first-order valence-corrected chi connectivity index (χ1v) is 12.0. The van der Waals surface area contributed by atoms with Crippen molar-refractivity contribution in [3.63, 3.8) is 0 Å². The lowest BCUT2D eigenvalue weighted by atomic mass is 10.2. The van der Waals surface area contributed by atoms with E-state index in [9.17, 15) is 4.79 Å². The second-order valence-corrected chi connectivity index (χ2v) is 10.1. The Morgan fingerprint density at radius 1 is 0.613 bits per heavy atom. The molecule has 0 fully saturated rings. The van der Waals surface area contributed by atoms with Gasteiger partial charge in [-0.05, 0) is 12.1 Å². The molecule has 0 amide bonds. The molecule has 0 radical (unpaired) electrons. The SMILES string of the molecule is O=C(OCCN=P(c1ccccc1)(c1ccccc1)c1ccccc1)c1ccccc1. The van der Waals surface area contributed by atoms with E-state index in [0.717, 1.165) is 0 Å². The summed E-state index contributed by atoms with van der Waals surface area (Å²) in [6.07, 6.45) is 0. The molecule has 3 nitrogen and oxygen atoms in total. The predicted molar refractivity (Wildman–Crippen MR) is 129 cm³/mol. The minimum Gasteiger partial charge on any atom is -0.460 e. The quantitative estimate of drug-likeness (QED) is 0.237. The van der Waals surface area contributed by atoms with Gasteiger partial charge in [0.1, 0.15) is 6.61 Å². The topological polar surface area (TPSA) is 38.7 Å². The molecule has 0 N–H and O–H groups in total. The number of ether oxygens (including phenoxy) is 1. The Morgan fingerprint density at radius 2 is 1.00 bits per heavy atom. The van der Waals surface area contributed by atoms with Crippen LogP contribution in [-0.4, -0.2) is 19.1 Å². The van der Waals surface area contributed by atoms with E-state index < -0.39 is 7.05 Å². The van der Waals surface area contributed by atoms with Gasteiger partial charge in [-0.15, -0.1) is 0 Å². The molecule has 0 saturated heterocycles. The van der Waals surface area contributed by atoms with Crippen LogP contribution < -0.4 is 15.9 Å². The second kappa shape index (κ2) is 10.1. The average Bonchev–Trinajstić information content (AvgIpc) is 2.86. The van der Waals surface area contributed by atoms with Gasteiger partial charge >= 0.3 is 5.97 Å². The molecule has 4 heteroatoms. The van der Waals surface area contributed by atoms with Crippen molar-refractivity contribution >= 4 is 28.9 Å². The Kier molecular flexibility index (Phi) is 6.76. The molecule has 0 atom stereocenters. The van der Waals surface area contributed by atoms with Gasteiger partial charge in [0, 0.05) is 15.9 Å². The molecule has 154 valence electrons. The van der Waals surface area contributed by atoms with Gasteiger partial charge in [0.15, 0.2) is 0 Å². The lowest BCUT2D eigenvalue weighted by molar-refractivity contribution is 0.0517. The van der Waals surface area contributed by atoms with Crippen LogP contribution in [0, 0.1) is 0 Å². The van der Waals surface area contributed by atoms with Crippen molar-refractivity contribution in [2.24, 2.45) is 4.74 Å². The normalized spacial score (nSPS) is 11.0. The first-order valence-electron chi connectivity index (χ1n) is 10.3. The van der Waals surface area contributed by atoms with E-state index in [1.165, 1.54) is 15.9 Å². The van der Waals surface area contributed by atoms with Crippen molar-refractivity contribution in [1.82, 2.24) is 0 Å². The lowest BCUT2D eigenvalue weighted by Gasteiger charge is -2.27. The molecule has 0 unspecified atom stereocenters.